The maximum atomic E-state index is 6.14. The Morgan fingerprint density at radius 2 is 1.56 bits per heavy atom. The van der Waals surface area contributed by atoms with E-state index in [1.54, 1.807) is 0 Å². The molecule has 0 spiro atoms. The van der Waals surface area contributed by atoms with Gasteiger partial charge in [0, 0.05) is 11.1 Å². The van der Waals surface area contributed by atoms with Gasteiger partial charge in [0.05, 0.1) is 5.52 Å². The van der Waals surface area contributed by atoms with Gasteiger partial charge in [-0.2, -0.15) is 0 Å². The van der Waals surface area contributed by atoms with Crippen molar-refractivity contribution in [1.29, 1.82) is 0 Å². The van der Waals surface area contributed by atoms with E-state index < -0.39 is 0 Å². The SMILES string of the molecule is Clc1nc(Nc2ccccc2)nc2ccccc12. The highest BCUT2D eigenvalue weighted by Gasteiger charge is 2.05. The number of nitrogens with zero attached hydrogens (tertiary/aromatic N) is 2. The molecule has 1 heterocycles. The molecule has 4 heteroatoms. The Morgan fingerprint density at radius 1 is 0.833 bits per heavy atom. The summed E-state index contributed by atoms with van der Waals surface area (Å²) in [6.07, 6.45) is 0. The predicted molar refractivity (Wildman–Crippen MR) is 74.3 cm³/mol. The average molecular weight is 256 g/mol. The molecule has 1 aromatic heterocycles. The summed E-state index contributed by atoms with van der Waals surface area (Å²) in [5.74, 6) is 0.505. The number of nitrogens with one attached hydrogen (secondary N) is 1. The van der Waals surface area contributed by atoms with E-state index in [2.05, 4.69) is 15.3 Å². The number of rotatable bonds is 2. The molecule has 0 amide bonds. The van der Waals surface area contributed by atoms with Crippen LogP contribution in [0.15, 0.2) is 54.6 Å². The highest BCUT2D eigenvalue weighted by molar-refractivity contribution is 6.34. The zero-order chi connectivity index (χ0) is 12.4. The zero-order valence-electron chi connectivity index (χ0n) is 9.47. The van der Waals surface area contributed by atoms with Crippen molar-refractivity contribution in [3.8, 4) is 0 Å². The van der Waals surface area contributed by atoms with E-state index in [1.807, 2.05) is 54.6 Å². The Morgan fingerprint density at radius 3 is 2.39 bits per heavy atom. The summed E-state index contributed by atoms with van der Waals surface area (Å²) in [6.45, 7) is 0. The first-order chi connectivity index (χ1) is 8.83. The molecule has 0 aliphatic heterocycles. The topological polar surface area (TPSA) is 37.8 Å². The zero-order valence-corrected chi connectivity index (χ0v) is 10.2. The van der Waals surface area contributed by atoms with E-state index in [-0.39, 0.29) is 0 Å². The first-order valence-electron chi connectivity index (χ1n) is 5.57. The highest BCUT2D eigenvalue weighted by Crippen LogP contribution is 2.22. The third-order valence-corrected chi connectivity index (χ3v) is 2.87. The minimum atomic E-state index is 0.457. The summed E-state index contributed by atoms with van der Waals surface area (Å²) in [5, 5.41) is 4.45. The standard InChI is InChI=1S/C14H10ClN3/c15-13-11-8-4-5-9-12(11)17-14(18-13)16-10-6-2-1-3-7-10/h1-9H,(H,16,17,18). The van der Waals surface area contributed by atoms with Crippen LogP contribution in [0.2, 0.25) is 5.15 Å². The lowest BCUT2D eigenvalue weighted by molar-refractivity contribution is 1.21. The number of aromatic nitrogens is 2. The molecule has 3 nitrogen and oxygen atoms in total. The molecule has 0 radical (unpaired) electrons. The maximum absolute atomic E-state index is 6.14. The van der Waals surface area contributed by atoms with Gasteiger partial charge in [0.15, 0.2) is 0 Å². The van der Waals surface area contributed by atoms with E-state index >= 15 is 0 Å². The minimum Gasteiger partial charge on any atom is -0.324 e. The molecule has 3 rings (SSSR count). The highest BCUT2D eigenvalue weighted by atomic mass is 35.5. The number of halogens is 1. The first kappa shape index (κ1) is 11.0. The van der Waals surface area contributed by atoms with Crippen molar-refractivity contribution in [2.75, 3.05) is 5.32 Å². The van der Waals surface area contributed by atoms with Gasteiger partial charge >= 0.3 is 0 Å². The summed E-state index contributed by atoms with van der Waals surface area (Å²) in [7, 11) is 0. The number of benzene rings is 2. The lowest BCUT2D eigenvalue weighted by Crippen LogP contribution is -1.97. The third-order valence-electron chi connectivity index (χ3n) is 2.59. The molecular formula is C14H10ClN3. The van der Waals surface area contributed by atoms with Gasteiger partial charge in [0.1, 0.15) is 5.15 Å². The lowest BCUT2D eigenvalue weighted by atomic mass is 10.2. The van der Waals surface area contributed by atoms with Gasteiger partial charge in [-0.15, -0.1) is 0 Å². The summed E-state index contributed by atoms with van der Waals surface area (Å²) in [5.41, 5.74) is 1.76. The molecule has 1 N–H and O–H groups in total. The van der Waals surface area contributed by atoms with Crippen LogP contribution in [0.5, 0.6) is 0 Å². The number of hydrogen-bond acceptors (Lipinski definition) is 3. The molecule has 88 valence electrons. The van der Waals surface area contributed by atoms with Gasteiger partial charge in [0.25, 0.3) is 0 Å². The van der Waals surface area contributed by atoms with Crippen LogP contribution in [0.4, 0.5) is 11.6 Å². The molecule has 0 aliphatic carbocycles. The van der Waals surface area contributed by atoms with Crippen molar-refractivity contribution < 1.29 is 0 Å². The molecule has 0 aliphatic rings. The van der Waals surface area contributed by atoms with Gasteiger partial charge in [-0.05, 0) is 24.3 Å². The van der Waals surface area contributed by atoms with Crippen LogP contribution in [-0.4, -0.2) is 9.97 Å². The van der Waals surface area contributed by atoms with Crippen molar-refractivity contribution >= 4 is 34.1 Å². The van der Waals surface area contributed by atoms with Crippen molar-refractivity contribution in [2.45, 2.75) is 0 Å². The maximum Gasteiger partial charge on any atom is 0.229 e. The summed E-state index contributed by atoms with van der Waals surface area (Å²) < 4.78 is 0. The van der Waals surface area contributed by atoms with E-state index in [9.17, 15) is 0 Å². The van der Waals surface area contributed by atoms with E-state index in [4.69, 9.17) is 11.6 Å². The molecule has 0 saturated heterocycles. The van der Waals surface area contributed by atoms with Crippen molar-refractivity contribution in [3.63, 3.8) is 0 Å². The number of fused-ring (bicyclic) bond motifs is 1. The molecule has 2 aromatic carbocycles. The Labute approximate surface area is 109 Å². The van der Waals surface area contributed by atoms with Crippen LogP contribution in [0, 0.1) is 0 Å². The summed E-state index contributed by atoms with van der Waals surface area (Å²) in [4.78, 5) is 8.66. The van der Waals surface area contributed by atoms with Crippen LogP contribution >= 0.6 is 11.6 Å². The molecular weight excluding hydrogens is 246 g/mol. The number of anilines is 2. The Hall–Kier alpha value is -2.13. The molecule has 0 atom stereocenters. The molecule has 0 bridgehead atoms. The summed E-state index contributed by atoms with van der Waals surface area (Å²) in [6, 6.07) is 17.4. The van der Waals surface area contributed by atoms with Crippen LogP contribution in [0.25, 0.3) is 10.9 Å². The largest absolute Gasteiger partial charge is 0.324 e. The van der Waals surface area contributed by atoms with Gasteiger partial charge in [-0.1, -0.05) is 41.9 Å². The van der Waals surface area contributed by atoms with Gasteiger partial charge < -0.3 is 5.32 Å². The second-order valence-corrected chi connectivity index (χ2v) is 4.20. The number of para-hydroxylation sites is 2. The molecule has 18 heavy (non-hydrogen) atoms. The second-order valence-electron chi connectivity index (χ2n) is 3.85. The third kappa shape index (κ3) is 2.13. The second kappa shape index (κ2) is 4.63. The monoisotopic (exact) mass is 255 g/mol. The van der Waals surface area contributed by atoms with Crippen LogP contribution in [-0.2, 0) is 0 Å². The van der Waals surface area contributed by atoms with E-state index in [0.29, 0.717) is 11.1 Å². The molecule has 0 fully saturated rings. The van der Waals surface area contributed by atoms with E-state index in [0.717, 1.165) is 16.6 Å². The molecule has 0 unspecified atom stereocenters. The average Bonchev–Trinajstić information content (AvgIpc) is 2.40. The fourth-order valence-corrected chi connectivity index (χ4v) is 1.98. The smallest absolute Gasteiger partial charge is 0.229 e. The normalized spacial score (nSPS) is 10.5. The molecule has 3 aromatic rings. The van der Waals surface area contributed by atoms with Crippen LogP contribution < -0.4 is 5.32 Å². The van der Waals surface area contributed by atoms with Crippen molar-refractivity contribution in [3.05, 3.63) is 59.8 Å². The lowest BCUT2D eigenvalue weighted by Gasteiger charge is -2.06. The Balaban J connectivity index is 2.03. The van der Waals surface area contributed by atoms with Gasteiger partial charge in [0.2, 0.25) is 5.95 Å². The van der Waals surface area contributed by atoms with Crippen LogP contribution in [0.1, 0.15) is 0 Å². The molecule has 0 saturated carbocycles. The van der Waals surface area contributed by atoms with Gasteiger partial charge in [-0.25, -0.2) is 9.97 Å². The van der Waals surface area contributed by atoms with Crippen molar-refractivity contribution in [2.24, 2.45) is 0 Å². The van der Waals surface area contributed by atoms with Crippen molar-refractivity contribution in [1.82, 2.24) is 9.97 Å². The minimum absolute atomic E-state index is 0.457. The number of hydrogen-bond donors (Lipinski definition) is 1. The Bertz CT molecular complexity index is 683. The van der Waals surface area contributed by atoms with E-state index in [1.165, 1.54) is 0 Å². The summed E-state index contributed by atoms with van der Waals surface area (Å²) >= 11 is 6.14. The van der Waals surface area contributed by atoms with Gasteiger partial charge in [-0.3, -0.25) is 0 Å². The first-order valence-corrected chi connectivity index (χ1v) is 5.95. The predicted octanol–water partition coefficient (Wildman–Crippen LogP) is 4.03. The fraction of sp³-hybridized carbons (Fsp3) is 0. The Kier molecular flexibility index (Phi) is 2.82. The quantitative estimate of drug-likeness (QED) is 0.703. The van der Waals surface area contributed by atoms with Crippen LogP contribution in [0.3, 0.4) is 0 Å². The fourth-order valence-electron chi connectivity index (χ4n) is 1.74.